The molecular formula is C21H30N2O3. The summed E-state index contributed by atoms with van der Waals surface area (Å²) in [5, 5.41) is 4.16. The highest BCUT2D eigenvalue weighted by Crippen LogP contribution is 2.35. The van der Waals surface area contributed by atoms with Crippen molar-refractivity contribution in [2.24, 2.45) is 0 Å². The summed E-state index contributed by atoms with van der Waals surface area (Å²) in [7, 11) is 0. The summed E-state index contributed by atoms with van der Waals surface area (Å²) in [6.45, 7) is 10.7. The van der Waals surface area contributed by atoms with Gasteiger partial charge in [-0.3, -0.25) is 4.90 Å². The van der Waals surface area contributed by atoms with E-state index in [0.29, 0.717) is 12.6 Å². The van der Waals surface area contributed by atoms with Crippen LogP contribution >= 0.6 is 0 Å². The molecule has 0 saturated carbocycles. The van der Waals surface area contributed by atoms with Gasteiger partial charge in [0.1, 0.15) is 0 Å². The molecule has 1 saturated heterocycles. The van der Waals surface area contributed by atoms with Crippen molar-refractivity contribution in [1.82, 2.24) is 10.1 Å². The number of hydrogen-bond acceptors (Lipinski definition) is 5. The first-order valence-electron chi connectivity index (χ1n) is 9.72. The maximum absolute atomic E-state index is 5.87. The van der Waals surface area contributed by atoms with Gasteiger partial charge in [0.15, 0.2) is 17.3 Å². The molecule has 26 heavy (non-hydrogen) atoms. The summed E-state index contributed by atoms with van der Waals surface area (Å²) in [5.41, 5.74) is 2.26. The van der Waals surface area contributed by atoms with Crippen LogP contribution in [-0.4, -0.2) is 29.3 Å². The number of rotatable bonds is 8. The predicted octanol–water partition coefficient (Wildman–Crippen LogP) is 4.76. The lowest BCUT2D eigenvalue weighted by Crippen LogP contribution is -2.22. The Balaban J connectivity index is 1.75. The maximum Gasteiger partial charge on any atom is 0.161 e. The molecule has 2 aromatic rings. The van der Waals surface area contributed by atoms with Crippen LogP contribution < -0.4 is 9.47 Å². The summed E-state index contributed by atoms with van der Waals surface area (Å²) in [6.07, 6.45) is 3.33. The van der Waals surface area contributed by atoms with Gasteiger partial charge >= 0.3 is 0 Å². The molecule has 0 amide bonds. The first-order valence-corrected chi connectivity index (χ1v) is 9.72. The molecule has 1 aliphatic heterocycles. The third kappa shape index (κ3) is 4.39. The van der Waals surface area contributed by atoms with Crippen molar-refractivity contribution < 1.29 is 14.0 Å². The van der Waals surface area contributed by atoms with E-state index in [1.165, 1.54) is 12.0 Å². The van der Waals surface area contributed by atoms with Gasteiger partial charge in [0.25, 0.3) is 0 Å². The molecular weight excluding hydrogens is 328 g/mol. The van der Waals surface area contributed by atoms with E-state index in [1.807, 2.05) is 26.8 Å². The zero-order valence-electron chi connectivity index (χ0n) is 16.3. The molecule has 5 heteroatoms. The van der Waals surface area contributed by atoms with Gasteiger partial charge in [-0.2, -0.15) is 0 Å². The average molecular weight is 358 g/mol. The first-order chi connectivity index (χ1) is 12.6. The van der Waals surface area contributed by atoms with Crippen LogP contribution in [-0.2, 0) is 13.0 Å². The minimum atomic E-state index is 0.127. The van der Waals surface area contributed by atoms with Crippen LogP contribution in [0.25, 0.3) is 0 Å². The smallest absolute Gasteiger partial charge is 0.161 e. The molecule has 1 fully saturated rings. The second-order valence-electron chi connectivity index (χ2n) is 7.08. The minimum Gasteiger partial charge on any atom is -0.490 e. The lowest BCUT2D eigenvalue weighted by molar-refractivity contribution is 0.205. The Hall–Kier alpha value is -2.01. The fraction of sp³-hybridized carbons (Fsp3) is 0.571. The Bertz CT molecular complexity index is 711. The molecule has 5 nitrogen and oxygen atoms in total. The van der Waals surface area contributed by atoms with Crippen molar-refractivity contribution in [2.45, 2.75) is 65.6 Å². The number of benzene rings is 1. The van der Waals surface area contributed by atoms with E-state index < -0.39 is 0 Å². The molecule has 0 aliphatic carbocycles. The summed E-state index contributed by atoms with van der Waals surface area (Å²) >= 11 is 0. The molecule has 0 radical (unpaired) electrons. The van der Waals surface area contributed by atoms with Crippen LogP contribution in [0.1, 0.15) is 63.6 Å². The van der Waals surface area contributed by atoms with Crippen molar-refractivity contribution in [3.63, 3.8) is 0 Å². The van der Waals surface area contributed by atoms with E-state index >= 15 is 0 Å². The molecule has 3 rings (SSSR count). The number of hydrogen-bond donors (Lipinski definition) is 0. The number of aromatic nitrogens is 1. The summed E-state index contributed by atoms with van der Waals surface area (Å²) < 4.78 is 17.3. The Morgan fingerprint density at radius 3 is 2.77 bits per heavy atom. The monoisotopic (exact) mass is 358 g/mol. The molecule has 0 unspecified atom stereocenters. The largest absolute Gasteiger partial charge is 0.490 e. The first kappa shape index (κ1) is 18.8. The quantitative estimate of drug-likeness (QED) is 0.681. The van der Waals surface area contributed by atoms with Gasteiger partial charge in [-0.05, 0) is 64.3 Å². The standard InChI is InChI=1S/C21H30N2O3/c1-5-17-13-20(26-22-17)18-8-7-11-23(18)14-16-9-10-19(25-15(3)4)21(12-16)24-6-2/h9-10,12-13,15,18H,5-8,11,14H2,1-4H3/t18-/m0/s1. The van der Waals surface area contributed by atoms with Crippen LogP contribution in [0.15, 0.2) is 28.8 Å². The van der Waals surface area contributed by atoms with Gasteiger partial charge < -0.3 is 14.0 Å². The van der Waals surface area contributed by atoms with Gasteiger partial charge in [0.2, 0.25) is 0 Å². The van der Waals surface area contributed by atoms with Gasteiger partial charge in [-0.1, -0.05) is 18.1 Å². The van der Waals surface area contributed by atoms with E-state index in [-0.39, 0.29) is 6.10 Å². The van der Waals surface area contributed by atoms with Crippen molar-refractivity contribution >= 4 is 0 Å². The van der Waals surface area contributed by atoms with Crippen molar-refractivity contribution in [2.75, 3.05) is 13.2 Å². The zero-order chi connectivity index (χ0) is 18.5. The van der Waals surface area contributed by atoms with Crippen LogP contribution in [0.4, 0.5) is 0 Å². The molecule has 1 aliphatic rings. The molecule has 142 valence electrons. The Morgan fingerprint density at radius 2 is 2.08 bits per heavy atom. The Kier molecular flexibility index (Phi) is 6.20. The molecule has 0 bridgehead atoms. The Morgan fingerprint density at radius 1 is 1.23 bits per heavy atom. The van der Waals surface area contributed by atoms with E-state index in [0.717, 1.165) is 48.9 Å². The third-order valence-corrected chi connectivity index (χ3v) is 4.69. The number of ether oxygens (including phenoxy) is 2. The lowest BCUT2D eigenvalue weighted by atomic mass is 10.1. The van der Waals surface area contributed by atoms with Crippen molar-refractivity contribution in [3.8, 4) is 11.5 Å². The van der Waals surface area contributed by atoms with Crippen LogP contribution in [0, 0.1) is 0 Å². The fourth-order valence-corrected chi connectivity index (χ4v) is 3.49. The van der Waals surface area contributed by atoms with Gasteiger partial charge in [0, 0.05) is 12.6 Å². The summed E-state index contributed by atoms with van der Waals surface area (Å²) in [6, 6.07) is 8.68. The maximum atomic E-state index is 5.87. The number of likely N-dealkylation sites (tertiary alicyclic amines) is 1. The van der Waals surface area contributed by atoms with E-state index in [4.69, 9.17) is 14.0 Å². The molecule has 0 N–H and O–H groups in total. The van der Waals surface area contributed by atoms with E-state index in [2.05, 4.69) is 35.2 Å². The second kappa shape index (κ2) is 8.58. The molecule has 1 aromatic carbocycles. The second-order valence-corrected chi connectivity index (χ2v) is 7.08. The molecule has 1 aromatic heterocycles. The summed E-state index contributed by atoms with van der Waals surface area (Å²) in [4.78, 5) is 2.47. The number of aryl methyl sites for hydroxylation is 1. The number of nitrogens with zero attached hydrogens (tertiary/aromatic N) is 2. The highest BCUT2D eigenvalue weighted by atomic mass is 16.5. The topological polar surface area (TPSA) is 47.7 Å². The molecule has 1 atom stereocenters. The van der Waals surface area contributed by atoms with Gasteiger partial charge in [0.05, 0.1) is 24.4 Å². The highest BCUT2D eigenvalue weighted by Gasteiger charge is 2.29. The molecule has 2 heterocycles. The highest BCUT2D eigenvalue weighted by molar-refractivity contribution is 5.43. The van der Waals surface area contributed by atoms with Gasteiger partial charge in [-0.25, -0.2) is 0 Å². The third-order valence-electron chi connectivity index (χ3n) is 4.69. The summed E-state index contributed by atoms with van der Waals surface area (Å²) in [5.74, 6) is 2.62. The van der Waals surface area contributed by atoms with Crippen molar-refractivity contribution in [3.05, 3.63) is 41.3 Å². The Labute approximate surface area is 156 Å². The van der Waals surface area contributed by atoms with E-state index in [9.17, 15) is 0 Å². The zero-order valence-corrected chi connectivity index (χ0v) is 16.3. The predicted molar refractivity (Wildman–Crippen MR) is 102 cm³/mol. The van der Waals surface area contributed by atoms with E-state index in [1.54, 1.807) is 0 Å². The normalized spacial score (nSPS) is 17.8. The molecule has 0 spiro atoms. The van der Waals surface area contributed by atoms with Crippen molar-refractivity contribution in [1.29, 1.82) is 0 Å². The van der Waals surface area contributed by atoms with Gasteiger partial charge in [-0.15, -0.1) is 0 Å². The van der Waals surface area contributed by atoms with Crippen LogP contribution in [0.5, 0.6) is 11.5 Å². The SMILES string of the molecule is CCOc1cc(CN2CCC[C@H]2c2cc(CC)no2)ccc1OC(C)C. The van der Waals surface area contributed by atoms with Crippen LogP contribution in [0.2, 0.25) is 0 Å². The minimum absolute atomic E-state index is 0.127. The van der Waals surface area contributed by atoms with Crippen LogP contribution in [0.3, 0.4) is 0 Å². The lowest BCUT2D eigenvalue weighted by Gasteiger charge is -2.23. The fourth-order valence-electron chi connectivity index (χ4n) is 3.49. The average Bonchev–Trinajstić information content (AvgIpc) is 3.25.